The van der Waals surface area contributed by atoms with Gasteiger partial charge in [0.2, 0.25) is 0 Å². The quantitative estimate of drug-likeness (QED) is 0.575. The van der Waals surface area contributed by atoms with Gasteiger partial charge in [0.05, 0.1) is 4.92 Å². The molecule has 8 heteroatoms. The van der Waals surface area contributed by atoms with E-state index in [1.165, 1.54) is 6.07 Å². The number of nitro groups is 1. The van der Waals surface area contributed by atoms with Crippen molar-refractivity contribution in [1.29, 1.82) is 0 Å². The number of nitrogens with zero attached hydrogens (tertiary/aromatic N) is 1. The number of halogens is 1. The van der Waals surface area contributed by atoms with E-state index in [0.717, 1.165) is 31.5 Å². The molecule has 0 saturated carbocycles. The Bertz CT molecular complexity index is 503. The van der Waals surface area contributed by atoms with Crippen molar-refractivity contribution in [1.82, 2.24) is 10.6 Å². The van der Waals surface area contributed by atoms with Gasteiger partial charge in [0.1, 0.15) is 0 Å². The third-order valence-electron chi connectivity index (χ3n) is 3.07. The van der Waals surface area contributed by atoms with Crippen molar-refractivity contribution in [2.24, 2.45) is 0 Å². The molecule has 1 aliphatic heterocycles. The standard InChI is InChI=1S/C12H15N3O4.ClH/c16-11-6-8(3-4-10(11)15(18)19)12(17)14-9-2-1-5-13-7-9;/h3-4,6,9,13,16H,1-2,5,7H2,(H,14,17);1H. The molecule has 3 N–H and O–H groups in total. The van der Waals surface area contributed by atoms with E-state index in [1.54, 1.807) is 0 Å². The lowest BCUT2D eigenvalue weighted by Gasteiger charge is -2.23. The predicted molar refractivity (Wildman–Crippen MR) is 75.4 cm³/mol. The SMILES string of the molecule is Cl.O=C(NC1CCCNC1)c1ccc([N+](=O)[O-])c(O)c1. The molecule has 1 heterocycles. The van der Waals surface area contributed by atoms with Crippen LogP contribution >= 0.6 is 12.4 Å². The maximum absolute atomic E-state index is 11.9. The second-order valence-electron chi connectivity index (χ2n) is 4.48. The minimum absolute atomic E-state index is 0. The van der Waals surface area contributed by atoms with Crippen LogP contribution in [0.4, 0.5) is 5.69 Å². The zero-order valence-corrected chi connectivity index (χ0v) is 11.5. The second kappa shape index (κ2) is 7.06. The Morgan fingerprint density at radius 3 is 2.80 bits per heavy atom. The number of benzene rings is 1. The third-order valence-corrected chi connectivity index (χ3v) is 3.07. The fourth-order valence-corrected chi connectivity index (χ4v) is 2.06. The van der Waals surface area contributed by atoms with E-state index in [0.29, 0.717) is 6.54 Å². The largest absolute Gasteiger partial charge is 0.502 e. The number of aromatic hydroxyl groups is 1. The van der Waals surface area contributed by atoms with Gasteiger partial charge in [-0.1, -0.05) is 0 Å². The highest BCUT2D eigenvalue weighted by atomic mass is 35.5. The zero-order valence-electron chi connectivity index (χ0n) is 10.7. The highest BCUT2D eigenvalue weighted by Gasteiger charge is 2.19. The molecule has 1 fully saturated rings. The molecule has 0 radical (unpaired) electrons. The van der Waals surface area contributed by atoms with Crippen LogP contribution in [0.15, 0.2) is 18.2 Å². The van der Waals surface area contributed by atoms with Gasteiger partial charge in [-0.3, -0.25) is 14.9 Å². The van der Waals surface area contributed by atoms with Gasteiger partial charge in [-0.05, 0) is 31.5 Å². The van der Waals surface area contributed by atoms with Crippen LogP contribution in [0.5, 0.6) is 5.75 Å². The summed E-state index contributed by atoms with van der Waals surface area (Å²) >= 11 is 0. The highest BCUT2D eigenvalue weighted by molar-refractivity contribution is 5.95. The number of carbonyl (C=O) groups is 1. The first-order valence-electron chi connectivity index (χ1n) is 6.07. The van der Waals surface area contributed by atoms with E-state index in [1.807, 2.05) is 0 Å². The molecule has 20 heavy (non-hydrogen) atoms. The Morgan fingerprint density at radius 2 is 2.25 bits per heavy atom. The lowest BCUT2D eigenvalue weighted by atomic mass is 10.1. The summed E-state index contributed by atoms with van der Waals surface area (Å²) in [6.07, 6.45) is 1.90. The summed E-state index contributed by atoms with van der Waals surface area (Å²) in [6.45, 7) is 1.66. The van der Waals surface area contributed by atoms with Crippen molar-refractivity contribution in [3.63, 3.8) is 0 Å². The molecule has 110 valence electrons. The molecule has 1 aromatic rings. The maximum atomic E-state index is 11.9. The molecule has 1 unspecified atom stereocenters. The third kappa shape index (κ3) is 3.82. The topological polar surface area (TPSA) is 104 Å². The Morgan fingerprint density at radius 1 is 1.50 bits per heavy atom. The average molecular weight is 302 g/mol. The van der Waals surface area contributed by atoms with Crippen LogP contribution in [0.3, 0.4) is 0 Å². The number of piperidine rings is 1. The number of nitro benzene ring substituents is 1. The van der Waals surface area contributed by atoms with Gasteiger partial charge in [-0.25, -0.2) is 0 Å². The van der Waals surface area contributed by atoms with Crippen molar-refractivity contribution in [3.8, 4) is 5.75 Å². The van der Waals surface area contributed by atoms with E-state index in [2.05, 4.69) is 10.6 Å². The number of hydrogen-bond donors (Lipinski definition) is 3. The molecule has 1 aliphatic rings. The molecule has 0 aromatic heterocycles. The summed E-state index contributed by atoms with van der Waals surface area (Å²) in [7, 11) is 0. The van der Waals surface area contributed by atoms with Gasteiger partial charge in [0.15, 0.2) is 5.75 Å². The molecule has 1 atom stereocenters. The molecular weight excluding hydrogens is 286 g/mol. The zero-order chi connectivity index (χ0) is 13.8. The molecule has 1 amide bonds. The van der Waals surface area contributed by atoms with Crippen molar-refractivity contribution in [2.75, 3.05) is 13.1 Å². The molecule has 1 aromatic carbocycles. The van der Waals surface area contributed by atoms with Crippen molar-refractivity contribution >= 4 is 24.0 Å². The average Bonchev–Trinajstić information content (AvgIpc) is 2.39. The minimum Gasteiger partial charge on any atom is -0.502 e. The van der Waals surface area contributed by atoms with Crippen LogP contribution in [0, 0.1) is 10.1 Å². The monoisotopic (exact) mass is 301 g/mol. The number of amides is 1. The molecule has 0 bridgehead atoms. The Kier molecular flexibility index (Phi) is 5.72. The van der Waals surface area contributed by atoms with E-state index < -0.39 is 16.4 Å². The van der Waals surface area contributed by atoms with E-state index in [-0.39, 0.29) is 29.9 Å². The van der Waals surface area contributed by atoms with Crippen LogP contribution < -0.4 is 10.6 Å². The Balaban J connectivity index is 0.00000200. The molecular formula is C12H16ClN3O4. The lowest BCUT2D eigenvalue weighted by Crippen LogP contribution is -2.45. The minimum atomic E-state index is -0.692. The number of carbonyl (C=O) groups excluding carboxylic acids is 1. The van der Waals surface area contributed by atoms with E-state index in [9.17, 15) is 20.0 Å². The number of nitrogens with one attached hydrogen (secondary N) is 2. The van der Waals surface area contributed by atoms with Gasteiger partial charge in [-0.15, -0.1) is 12.4 Å². The summed E-state index contributed by atoms with van der Waals surface area (Å²) in [5.74, 6) is -0.835. The number of phenolic OH excluding ortho intramolecular Hbond substituents is 1. The van der Waals surface area contributed by atoms with Crippen molar-refractivity contribution in [3.05, 3.63) is 33.9 Å². The van der Waals surface area contributed by atoms with E-state index in [4.69, 9.17) is 0 Å². The predicted octanol–water partition coefficient (Wildman–Crippen LogP) is 1.20. The number of phenols is 1. The highest BCUT2D eigenvalue weighted by Crippen LogP contribution is 2.26. The number of rotatable bonds is 3. The first kappa shape index (κ1) is 16.2. The van der Waals surface area contributed by atoms with Gasteiger partial charge in [-0.2, -0.15) is 0 Å². The van der Waals surface area contributed by atoms with Crippen LogP contribution in [0.2, 0.25) is 0 Å². The van der Waals surface area contributed by atoms with Crippen LogP contribution in [0.25, 0.3) is 0 Å². The van der Waals surface area contributed by atoms with Gasteiger partial charge in [0, 0.05) is 24.2 Å². The maximum Gasteiger partial charge on any atom is 0.310 e. The first-order chi connectivity index (χ1) is 9.08. The fourth-order valence-electron chi connectivity index (χ4n) is 2.06. The Labute approximate surface area is 121 Å². The fraction of sp³-hybridized carbons (Fsp3) is 0.417. The molecule has 2 rings (SSSR count). The Hall–Kier alpha value is -1.86. The summed E-state index contributed by atoms with van der Waals surface area (Å²) in [5.41, 5.74) is -0.190. The van der Waals surface area contributed by atoms with Gasteiger partial charge < -0.3 is 15.7 Å². The summed E-state index contributed by atoms with van der Waals surface area (Å²) in [5, 5.41) is 26.0. The van der Waals surface area contributed by atoms with Gasteiger partial charge >= 0.3 is 5.69 Å². The van der Waals surface area contributed by atoms with E-state index >= 15 is 0 Å². The van der Waals surface area contributed by atoms with Crippen LogP contribution in [-0.2, 0) is 0 Å². The van der Waals surface area contributed by atoms with Crippen molar-refractivity contribution < 1.29 is 14.8 Å². The second-order valence-corrected chi connectivity index (χ2v) is 4.48. The smallest absolute Gasteiger partial charge is 0.310 e. The summed E-state index contributed by atoms with van der Waals surface area (Å²) in [6, 6.07) is 3.63. The molecule has 7 nitrogen and oxygen atoms in total. The normalized spacial score (nSPS) is 17.9. The molecule has 0 aliphatic carbocycles. The van der Waals surface area contributed by atoms with Crippen LogP contribution in [-0.4, -0.2) is 35.1 Å². The number of hydrogen-bond acceptors (Lipinski definition) is 5. The van der Waals surface area contributed by atoms with Crippen molar-refractivity contribution in [2.45, 2.75) is 18.9 Å². The first-order valence-corrected chi connectivity index (χ1v) is 6.07. The molecule has 0 spiro atoms. The summed E-state index contributed by atoms with van der Waals surface area (Å²) in [4.78, 5) is 21.8. The lowest BCUT2D eigenvalue weighted by molar-refractivity contribution is -0.385. The van der Waals surface area contributed by atoms with Gasteiger partial charge in [0.25, 0.3) is 5.91 Å². The van der Waals surface area contributed by atoms with Crippen LogP contribution in [0.1, 0.15) is 23.2 Å². The summed E-state index contributed by atoms with van der Waals surface area (Å²) < 4.78 is 0. The molecule has 1 saturated heterocycles.